The SMILES string of the molecule is Cc1ccc(S(=O)(=O)N2CCN(C(=O)C[NH2+]CCC(C)C)CC2)cc1. The molecule has 0 spiro atoms. The highest BCUT2D eigenvalue weighted by Crippen LogP contribution is 2.18. The third-order valence-corrected chi connectivity index (χ3v) is 6.43. The molecule has 1 aromatic carbocycles. The molecule has 1 aliphatic rings. The molecule has 1 saturated heterocycles. The fraction of sp³-hybridized carbons (Fsp3) is 0.611. The van der Waals surface area contributed by atoms with Gasteiger partial charge in [-0.15, -0.1) is 0 Å². The number of carbonyl (C=O) groups excluding carboxylic acids is 1. The van der Waals surface area contributed by atoms with Gasteiger partial charge in [-0.25, -0.2) is 8.42 Å². The largest absolute Gasteiger partial charge is 0.338 e. The molecule has 0 atom stereocenters. The van der Waals surface area contributed by atoms with E-state index >= 15 is 0 Å². The van der Waals surface area contributed by atoms with Crippen molar-refractivity contribution in [2.75, 3.05) is 39.3 Å². The summed E-state index contributed by atoms with van der Waals surface area (Å²) >= 11 is 0. The second kappa shape index (κ2) is 8.78. The number of nitrogens with two attached hydrogens (primary N) is 1. The zero-order valence-corrected chi connectivity index (χ0v) is 16.3. The van der Waals surface area contributed by atoms with E-state index in [1.807, 2.05) is 12.2 Å². The number of sulfonamides is 1. The Morgan fingerprint density at radius 2 is 1.72 bits per heavy atom. The molecular weight excluding hydrogens is 338 g/mol. The maximum absolute atomic E-state index is 12.7. The lowest BCUT2D eigenvalue weighted by Crippen LogP contribution is -2.87. The Morgan fingerprint density at radius 1 is 1.12 bits per heavy atom. The van der Waals surface area contributed by atoms with Gasteiger partial charge in [-0.2, -0.15) is 4.31 Å². The normalized spacial score (nSPS) is 16.4. The fourth-order valence-electron chi connectivity index (χ4n) is 2.84. The van der Waals surface area contributed by atoms with Crippen LogP contribution in [-0.2, 0) is 14.8 Å². The highest BCUT2D eigenvalue weighted by Gasteiger charge is 2.30. The maximum Gasteiger partial charge on any atom is 0.277 e. The van der Waals surface area contributed by atoms with Crippen LogP contribution in [0.1, 0.15) is 25.8 Å². The summed E-state index contributed by atoms with van der Waals surface area (Å²) in [7, 11) is -3.47. The molecule has 0 radical (unpaired) electrons. The van der Waals surface area contributed by atoms with E-state index in [1.54, 1.807) is 29.2 Å². The van der Waals surface area contributed by atoms with Crippen molar-refractivity contribution in [3.63, 3.8) is 0 Å². The zero-order valence-electron chi connectivity index (χ0n) is 15.4. The van der Waals surface area contributed by atoms with Gasteiger partial charge >= 0.3 is 0 Å². The van der Waals surface area contributed by atoms with Gasteiger partial charge in [-0.3, -0.25) is 4.79 Å². The number of aryl methyl sites for hydroxylation is 1. The molecule has 140 valence electrons. The van der Waals surface area contributed by atoms with Crippen molar-refractivity contribution in [1.29, 1.82) is 0 Å². The lowest BCUT2D eigenvalue weighted by Gasteiger charge is -2.33. The highest BCUT2D eigenvalue weighted by atomic mass is 32.2. The van der Waals surface area contributed by atoms with Gasteiger partial charge in [0, 0.05) is 26.2 Å². The van der Waals surface area contributed by atoms with Crippen LogP contribution in [0.4, 0.5) is 0 Å². The number of hydrogen-bond acceptors (Lipinski definition) is 3. The molecule has 2 N–H and O–H groups in total. The Hall–Kier alpha value is -1.44. The van der Waals surface area contributed by atoms with Gasteiger partial charge in [0.15, 0.2) is 6.54 Å². The Balaban J connectivity index is 1.84. The van der Waals surface area contributed by atoms with Crippen molar-refractivity contribution in [2.24, 2.45) is 5.92 Å². The summed E-state index contributed by atoms with van der Waals surface area (Å²) in [6.07, 6.45) is 1.09. The van der Waals surface area contributed by atoms with Gasteiger partial charge < -0.3 is 10.2 Å². The summed E-state index contributed by atoms with van der Waals surface area (Å²) in [5, 5.41) is 2.04. The minimum atomic E-state index is -3.47. The van der Waals surface area contributed by atoms with Crippen molar-refractivity contribution >= 4 is 15.9 Å². The Labute approximate surface area is 151 Å². The van der Waals surface area contributed by atoms with Gasteiger partial charge in [-0.05, 0) is 31.4 Å². The van der Waals surface area contributed by atoms with Crippen LogP contribution in [0.15, 0.2) is 29.2 Å². The average molecular weight is 369 g/mol. The number of quaternary nitrogens is 1. The predicted octanol–water partition coefficient (Wildman–Crippen LogP) is 0.437. The van der Waals surface area contributed by atoms with Crippen LogP contribution in [0, 0.1) is 12.8 Å². The summed E-state index contributed by atoms with van der Waals surface area (Å²) in [5.41, 5.74) is 1.03. The van der Waals surface area contributed by atoms with Gasteiger partial charge in [0.2, 0.25) is 10.0 Å². The first-order chi connectivity index (χ1) is 11.8. The second-order valence-corrected chi connectivity index (χ2v) is 9.00. The third-order valence-electron chi connectivity index (χ3n) is 4.52. The molecule has 0 unspecified atom stereocenters. The van der Waals surface area contributed by atoms with Crippen molar-refractivity contribution in [3.05, 3.63) is 29.8 Å². The van der Waals surface area contributed by atoms with Crippen LogP contribution in [0.25, 0.3) is 0 Å². The van der Waals surface area contributed by atoms with Gasteiger partial charge in [-0.1, -0.05) is 31.5 Å². The van der Waals surface area contributed by atoms with E-state index in [2.05, 4.69) is 13.8 Å². The minimum absolute atomic E-state index is 0.0936. The Morgan fingerprint density at radius 3 is 2.28 bits per heavy atom. The van der Waals surface area contributed by atoms with Crippen molar-refractivity contribution in [2.45, 2.75) is 32.1 Å². The molecule has 7 heteroatoms. The van der Waals surface area contributed by atoms with Crippen LogP contribution in [0.2, 0.25) is 0 Å². The number of piperazine rings is 1. The molecule has 1 aromatic rings. The number of carbonyl (C=O) groups is 1. The number of benzene rings is 1. The predicted molar refractivity (Wildman–Crippen MR) is 97.6 cm³/mol. The van der Waals surface area contributed by atoms with Crippen LogP contribution >= 0.6 is 0 Å². The summed E-state index contributed by atoms with van der Waals surface area (Å²) in [6.45, 7) is 9.29. The summed E-state index contributed by atoms with van der Waals surface area (Å²) in [5.74, 6) is 0.734. The maximum atomic E-state index is 12.7. The van der Waals surface area contributed by atoms with E-state index in [9.17, 15) is 13.2 Å². The number of rotatable bonds is 7. The summed E-state index contributed by atoms with van der Waals surface area (Å²) in [4.78, 5) is 14.3. The van der Waals surface area contributed by atoms with Crippen LogP contribution in [-0.4, -0.2) is 62.8 Å². The van der Waals surface area contributed by atoms with E-state index in [0.29, 0.717) is 43.5 Å². The number of hydrogen-bond donors (Lipinski definition) is 1. The monoisotopic (exact) mass is 368 g/mol. The molecular formula is C18H30N3O3S+. The van der Waals surface area contributed by atoms with Crippen molar-refractivity contribution < 1.29 is 18.5 Å². The Kier molecular flexibility index (Phi) is 6.98. The van der Waals surface area contributed by atoms with Crippen LogP contribution < -0.4 is 5.32 Å². The molecule has 1 heterocycles. The molecule has 0 saturated carbocycles. The highest BCUT2D eigenvalue weighted by molar-refractivity contribution is 7.89. The van der Waals surface area contributed by atoms with E-state index in [4.69, 9.17) is 0 Å². The van der Waals surface area contributed by atoms with E-state index in [0.717, 1.165) is 18.5 Å². The molecule has 25 heavy (non-hydrogen) atoms. The van der Waals surface area contributed by atoms with Gasteiger partial charge in [0.1, 0.15) is 0 Å². The molecule has 1 fully saturated rings. The molecule has 1 amide bonds. The van der Waals surface area contributed by atoms with Crippen LogP contribution in [0.5, 0.6) is 0 Å². The zero-order chi connectivity index (χ0) is 18.4. The number of nitrogens with zero attached hydrogens (tertiary/aromatic N) is 2. The number of amides is 1. The molecule has 0 aliphatic carbocycles. The Bertz CT molecular complexity index is 663. The minimum Gasteiger partial charge on any atom is -0.338 e. The standard InChI is InChI=1S/C18H29N3O3S/c1-15(2)8-9-19-14-18(22)20-10-12-21(13-11-20)25(23,24)17-6-4-16(3)5-7-17/h4-7,15,19H,8-14H2,1-3H3/p+1. The first kappa shape index (κ1) is 19.9. The first-order valence-electron chi connectivity index (χ1n) is 8.97. The lowest BCUT2D eigenvalue weighted by molar-refractivity contribution is -0.645. The van der Waals surface area contributed by atoms with Gasteiger partial charge in [0.05, 0.1) is 11.4 Å². The topological polar surface area (TPSA) is 74.3 Å². The quantitative estimate of drug-likeness (QED) is 0.710. The van der Waals surface area contributed by atoms with Crippen molar-refractivity contribution in [3.8, 4) is 0 Å². The fourth-order valence-corrected chi connectivity index (χ4v) is 4.27. The first-order valence-corrected chi connectivity index (χ1v) is 10.4. The lowest BCUT2D eigenvalue weighted by atomic mass is 10.1. The second-order valence-electron chi connectivity index (χ2n) is 7.06. The van der Waals surface area contributed by atoms with E-state index < -0.39 is 10.0 Å². The third kappa shape index (κ3) is 5.52. The molecule has 2 rings (SSSR count). The smallest absolute Gasteiger partial charge is 0.277 e. The molecule has 0 bridgehead atoms. The summed E-state index contributed by atoms with van der Waals surface area (Å²) < 4.78 is 26.8. The van der Waals surface area contributed by atoms with E-state index in [1.165, 1.54) is 4.31 Å². The van der Waals surface area contributed by atoms with Crippen LogP contribution in [0.3, 0.4) is 0 Å². The molecule has 0 aromatic heterocycles. The molecule has 6 nitrogen and oxygen atoms in total. The van der Waals surface area contributed by atoms with Gasteiger partial charge in [0.25, 0.3) is 5.91 Å². The molecule has 1 aliphatic heterocycles. The van der Waals surface area contributed by atoms with E-state index in [-0.39, 0.29) is 5.91 Å². The van der Waals surface area contributed by atoms with Crippen molar-refractivity contribution in [1.82, 2.24) is 9.21 Å². The average Bonchev–Trinajstić information content (AvgIpc) is 2.59. The summed E-state index contributed by atoms with van der Waals surface area (Å²) in [6, 6.07) is 6.90.